The van der Waals surface area contributed by atoms with Crippen LogP contribution in [0.3, 0.4) is 0 Å². The Morgan fingerprint density at radius 3 is 2.03 bits per heavy atom. The zero-order valence-electron chi connectivity index (χ0n) is 21.3. The second-order valence-electron chi connectivity index (χ2n) is 9.36. The van der Waals surface area contributed by atoms with Crippen LogP contribution in [-0.2, 0) is 20.7 Å². The number of aliphatic carboxylic acids is 1. The van der Waals surface area contributed by atoms with Gasteiger partial charge in [0.25, 0.3) is 0 Å². The Kier molecular flexibility index (Phi) is 15.0. The molecule has 6 nitrogen and oxygen atoms in total. The fourth-order valence-electron chi connectivity index (χ4n) is 3.98. The molecule has 0 aliphatic rings. The number of carbonyl (C=O) groups excluding carboxylic acids is 1. The first-order valence-electron chi connectivity index (χ1n) is 12.7. The third-order valence-electron chi connectivity index (χ3n) is 6.11. The van der Waals surface area contributed by atoms with Gasteiger partial charge in [-0.25, -0.2) is 0 Å². The van der Waals surface area contributed by atoms with Gasteiger partial charge in [-0.1, -0.05) is 70.1 Å². The summed E-state index contributed by atoms with van der Waals surface area (Å²) in [6, 6.07) is 7.23. The van der Waals surface area contributed by atoms with Crippen molar-refractivity contribution >= 4 is 11.8 Å². The summed E-state index contributed by atoms with van der Waals surface area (Å²) in [7, 11) is 0. The SMILES string of the molecule is C=C(C)OCCCCCCCCC(N)(CCCCCCOc1cccc(CC(=O)O)c1)C(C)=O. The summed E-state index contributed by atoms with van der Waals surface area (Å²) in [6.07, 6.45) is 12.0. The third kappa shape index (κ3) is 14.0. The lowest BCUT2D eigenvalue weighted by Gasteiger charge is -2.26. The zero-order valence-corrected chi connectivity index (χ0v) is 21.3. The number of Topliss-reactive ketones (excluding diaryl/α,β-unsaturated/α-hetero) is 1. The molecule has 0 radical (unpaired) electrons. The molecule has 1 aromatic rings. The summed E-state index contributed by atoms with van der Waals surface area (Å²) in [5, 5.41) is 8.89. The molecule has 0 saturated carbocycles. The van der Waals surface area contributed by atoms with E-state index in [2.05, 4.69) is 6.58 Å². The Bertz CT molecular complexity index is 748. The van der Waals surface area contributed by atoms with Gasteiger partial charge < -0.3 is 20.3 Å². The Hall–Kier alpha value is -2.34. The first kappa shape index (κ1) is 29.7. The number of hydrogen-bond acceptors (Lipinski definition) is 5. The second-order valence-corrected chi connectivity index (χ2v) is 9.36. The monoisotopic (exact) mass is 475 g/mol. The first-order valence-corrected chi connectivity index (χ1v) is 12.7. The van der Waals surface area contributed by atoms with Crippen molar-refractivity contribution in [2.75, 3.05) is 13.2 Å². The smallest absolute Gasteiger partial charge is 0.307 e. The second kappa shape index (κ2) is 17.1. The molecule has 1 rings (SSSR count). The molecule has 1 aromatic carbocycles. The topological polar surface area (TPSA) is 98.8 Å². The van der Waals surface area contributed by atoms with E-state index in [1.807, 2.05) is 19.1 Å². The number of rotatable bonds is 21. The average Bonchev–Trinajstić information content (AvgIpc) is 2.76. The number of hydrogen-bond donors (Lipinski definition) is 2. The molecule has 0 aliphatic heterocycles. The van der Waals surface area contributed by atoms with E-state index in [0.717, 1.165) is 82.1 Å². The van der Waals surface area contributed by atoms with Crippen LogP contribution in [-0.4, -0.2) is 35.6 Å². The number of ether oxygens (including phenoxy) is 2. The molecule has 3 N–H and O–H groups in total. The third-order valence-corrected chi connectivity index (χ3v) is 6.11. The highest BCUT2D eigenvalue weighted by Gasteiger charge is 2.29. The van der Waals surface area contributed by atoms with Crippen LogP contribution in [0.1, 0.15) is 96.5 Å². The van der Waals surface area contributed by atoms with E-state index in [1.54, 1.807) is 19.1 Å². The number of nitrogens with two attached hydrogens (primary N) is 1. The van der Waals surface area contributed by atoms with Crippen molar-refractivity contribution in [1.82, 2.24) is 0 Å². The van der Waals surface area contributed by atoms with Crippen molar-refractivity contribution in [3.8, 4) is 5.75 Å². The van der Waals surface area contributed by atoms with E-state index in [9.17, 15) is 9.59 Å². The molecule has 1 unspecified atom stereocenters. The maximum atomic E-state index is 12.2. The predicted octanol–water partition coefficient (Wildman–Crippen LogP) is 6.21. The minimum absolute atomic E-state index is 0.000538. The van der Waals surface area contributed by atoms with E-state index < -0.39 is 11.5 Å². The van der Waals surface area contributed by atoms with E-state index in [1.165, 1.54) is 12.8 Å². The van der Waals surface area contributed by atoms with Crippen LogP contribution in [0.25, 0.3) is 0 Å². The summed E-state index contributed by atoms with van der Waals surface area (Å²) < 4.78 is 11.1. The number of ketones is 1. The molecule has 0 aromatic heterocycles. The number of carboxylic acid groups (broad SMARTS) is 1. The number of carbonyl (C=O) groups is 2. The van der Waals surface area contributed by atoms with Gasteiger partial charge in [0.2, 0.25) is 0 Å². The van der Waals surface area contributed by atoms with Crippen LogP contribution in [0.4, 0.5) is 0 Å². The van der Waals surface area contributed by atoms with Gasteiger partial charge in [-0.3, -0.25) is 9.59 Å². The molecule has 0 heterocycles. The molecule has 6 heteroatoms. The normalized spacial score (nSPS) is 12.7. The molecule has 34 heavy (non-hydrogen) atoms. The molecule has 0 fully saturated rings. The van der Waals surface area contributed by atoms with Crippen LogP contribution in [0.2, 0.25) is 0 Å². The summed E-state index contributed by atoms with van der Waals surface area (Å²) >= 11 is 0. The average molecular weight is 476 g/mol. The van der Waals surface area contributed by atoms with Gasteiger partial charge in [-0.05, 0) is 57.2 Å². The number of carboxylic acids is 1. The molecule has 192 valence electrons. The fraction of sp³-hybridized carbons (Fsp3) is 0.643. The summed E-state index contributed by atoms with van der Waals surface area (Å²) in [6.45, 7) is 8.56. The molecule has 0 bridgehead atoms. The van der Waals surface area contributed by atoms with Crippen molar-refractivity contribution in [2.24, 2.45) is 5.73 Å². The zero-order chi connectivity index (χ0) is 25.2. The Balaban J connectivity index is 2.14. The summed E-state index contributed by atoms with van der Waals surface area (Å²) in [4.78, 5) is 23.0. The van der Waals surface area contributed by atoms with Crippen molar-refractivity contribution in [2.45, 2.75) is 103 Å². The van der Waals surface area contributed by atoms with Gasteiger partial charge in [-0.15, -0.1) is 0 Å². The number of allylic oxidation sites excluding steroid dienone is 1. The molecule has 0 aliphatic carbocycles. The first-order chi connectivity index (χ1) is 16.2. The summed E-state index contributed by atoms with van der Waals surface area (Å²) in [5.41, 5.74) is 6.51. The minimum Gasteiger partial charge on any atom is -0.499 e. The van der Waals surface area contributed by atoms with E-state index in [4.69, 9.17) is 20.3 Å². The molecule has 1 atom stereocenters. The van der Waals surface area contributed by atoms with E-state index in [0.29, 0.717) is 12.4 Å². The van der Waals surface area contributed by atoms with Crippen molar-refractivity contribution in [1.29, 1.82) is 0 Å². The van der Waals surface area contributed by atoms with Gasteiger partial charge in [0.15, 0.2) is 0 Å². The Morgan fingerprint density at radius 1 is 0.912 bits per heavy atom. The molecular formula is C28H45NO5. The van der Waals surface area contributed by atoms with E-state index in [-0.39, 0.29) is 12.2 Å². The van der Waals surface area contributed by atoms with Crippen molar-refractivity contribution in [3.63, 3.8) is 0 Å². The van der Waals surface area contributed by atoms with Crippen LogP contribution in [0.5, 0.6) is 5.75 Å². The van der Waals surface area contributed by atoms with Gasteiger partial charge in [0.1, 0.15) is 11.5 Å². The highest BCUT2D eigenvalue weighted by Crippen LogP contribution is 2.22. The number of benzene rings is 1. The molecule has 0 saturated heterocycles. The van der Waals surface area contributed by atoms with Gasteiger partial charge in [0, 0.05) is 0 Å². The maximum Gasteiger partial charge on any atom is 0.307 e. The van der Waals surface area contributed by atoms with Crippen molar-refractivity contribution in [3.05, 3.63) is 42.2 Å². The minimum atomic E-state index is -0.848. The predicted molar refractivity (Wildman–Crippen MR) is 137 cm³/mol. The molecular weight excluding hydrogens is 430 g/mol. The van der Waals surface area contributed by atoms with Crippen LogP contribution in [0, 0.1) is 0 Å². The fourth-order valence-corrected chi connectivity index (χ4v) is 3.98. The lowest BCUT2D eigenvalue weighted by molar-refractivity contribution is -0.136. The van der Waals surface area contributed by atoms with Crippen LogP contribution < -0.4 is 10.5 Å². The van der Waals surface area contributed by atoms with Gasteiger partial charge in [-0.2, -0.15) is 0 Å². The highest BCUT2D eigenvalue weighted by atomic mass is 16.5. The molecule has 0 spiro atoms. The number of unbranched alkanes of at least 4 members (excludes halogenated alkanes) is 8. The van der Waals surface area contributed by atoms with Crippen molar-refractivity contribution < 1.29 is 24.2 Å². The molecule has 0 amide bonds. The Morgan fingerprint density at radius 2 is 1.47 bits per heavy atom. The van der Waals surface area contributed by atoms with Crippen LogP contribution in [0.15, 0.2) is 36.6 Å². The van der Waals surface area contributed by atoms with Crippen LogP contribution >= 0.6 is 0 Å². The Labute approximate surface area is 205 Å². The quantitative estimate of drug-likeness (QED) is 0.162. The summed E-state index contributed by atoms with van der Waals surface area (Å²) in [5.74, 6) is 0.724. The standard InChI is InChI=1S/C28H45NO5/c1-23(2)33-19-12-8-5-4-6-10-17-28(29,24(3)30)18-11-7-9-13-20-34-26-16-14-15-25(21-26)22-27(31)32/h14-16,21H,1,4-13,17-20,22,29H2,2-3H3,(H,31,32). The highest BCUT2D eigenvalue weighted by molar-refractivity contribution is 5.85. The largest absolute Gasteiger partial charge is 0.499 e. The van der Waals surface area contributed by atoms with Gasteiger partial charge in [0.05, 0.1) is 30.9 Å². The van der Waals surface area contributed by atoms with E-state index >= 15 is 0 Å². The lowest BCUT2D eigenvalue weighted by atomic mass is 9.84. The van der Waals surface area contributed by atoms with Gasteiger partial charge >= 0.3 is 5.97 Å². The lowest BCUT2D eigenvalue weighted by Crippen LogP contribution is -2.46. The maximum absolute atomic E-state index is 12.2.